The third-order valence-corrected chi connectivity index (χ3v) is 3.98. The van der Waals surface area contributed by atoms with Crippen molar-refractivity contribution < 1.29 is 22.7 Å². The van der Waals surface area contributed by atoms with Crippen molar-refractivity contribution in [1.29, 1.82) is 0 Å². The van der Waals surface area contributed by atoms with E-state index in [-0.39, 0.29) is 6.54 Å². The molecule has 0 aliphatic carbocycles. The molecule has 0 aliphatic heterocycles. The van der Waals surface area contributed by atoms with Crippen LogP contribution >= 0.6 is 11.8 Å². The summed E-state index contributed by atoms with van der Waals surface area (Å²) < 4.78 is 30.3. The van der Waals surface area contributed by atoms with Crippen LogP contribution in [0.1, 0.15) is 10.6 Å². The molecule has 1 aromatic rings. The van der Waals surface area contributed by atoms with Gasteiger partial charge in [0.25, 0.3) is 10.0 Å². The van der Waals surface area contributed by atoms with Crippen LogP contribution < -0.4 is 4.72 Å². The largest absolute Gasteiger partial charge is 0.475 e. The normalized spacial score (nSPS) is 11.1. The first-order chi connectivity index (χ1) is 8.47. The molecule has 6 nitrogen and oxygen atoms in total. The van der Waals surface area contributed by atoms with Crippen LogP contribution in [-0.4, -0.2) is 37.5 Å². The highest BCUT2D eigenvalue weighted by Gasteiger charge is 2.20. The minimum absolute atomic E-state index is 0.192. The molecule has 98 valence electrons. The van der Waals surface area contributed by atoms with E-state index in [9.17, 15) is 13.2 Å². The Bertz CT molecular complexity index is 555. The molecule has 0 unspecified atom stereocenters. The van der Waals surface area contributed by atoms with Gasteiger partial charge in [-0.05, 0) is 12.1 Å². The van der Waals surface area contributed by atoms with E-state index in [2.05, 4.69) is 10.6 Å². The van der Waals surface area contributed by atoms with Gasteiger partial charge in [0.15, 0.2) is 0 Å². The first kappa shape index (κ1) is 14.6. The summed E-state index contributed by atoms with van der Waals surface area (Å²) in [5.74, 6) is 1.71. The lowest BCUT2D eigenvalue weighted by atomic mass is 10.5. The zero-order valence-corrected chi connectivity index (χ0v) is 10.9. The molecule has 0 atom stereocenters. The molecule has 0 aromatic carbocycles. The lowest BCUT2D eigenvalue weighted by Gasteiger charge is -2.02. The highest BCUT2D eigenvalue weighted by Crippen LogP contribution is 2.13. The van der Waals surface area contributed by atoms with E-state index in [0.717, 1.165) is 12.1 Å². The van der Waals surface area contributed by atoms with Crippen molar-refractivity contribution in [1.82, 2.24) is 4.72 Å². The maximum absolute atomic E-state index is 11.7. The van der Waals surface area contributed by atoms with Gasteiger partial charge in [-0.25, -0.2) is 17.9 Å². The number of sulfonamides is 1. The number of furan rings is 1. The fourth-order valence-corrected chi connectivity index (χ4v) is 2.63. The quantitative estimate of drug-likeness (QED) is 0.564. The molecule has 0 radical (unpaired) electrons. The van der Waals surface area contributed by atoms with Gasteiger partial charge in [0.2, 0.25) is 10.9 Å². The van der Waals surface area contributed by atoms with Gasteiger partial charge in [-0.1, -0.05) is 5.92 Å². The Morgan fingerprint density at radius 3 is 2.83 bits per heavy atom. The van der Waals surface area contributed by atoms with E-state index in [4.69, 9.17) is 15.9 Å². The van der Waals surface area contributed by atoms with Crippen LogP contribution in [0.25, 0.3) is 0 Å². The maximum atomic E-state index is 11.7. The third kappa shape index (κ3) is 4.10. The van der Waals surface area contributed by atoms with Crippen molar-refractivity contribution in [3.8, 4) is 12.3 Å². The molecule has 0 spiro atoms. The number of carbonyl (C=O) groups is 1. The van der Waals surface area contributed by atoms with Crippen LogP contribution in [0.15, 0.2) is 21.6 Å². The third-order valence-electron chi connectivity index (χ3n) is 1.78. The van der Waals surface area contributed by atoms with Crippen molar-refractivity contribution in [2.75, 3.05) is 18.1 Å². The van der Waals surface area contributed by atoms with Gasteiger partial charge in [0, 0.05) is 12.3 Å². The van der Waals surface area contributed by atoms with Crippen LogP contribution in [0.5, 0.6) is 0 Å². The first-order valence-corrected chi connectivity index (χ1v) is 7.45. The molecule has 1 heterocycles. The summed E-state index contributed by atoms with van der Waals surface area (Å²) in [5, 5.41) is 8.19. The Labute approximate surface area is 109 Å². The van der Waals surface area contributed by atoms with E-state index >= 15 is 0 Å². The second-order valence-electron chi connectivity index (χ2n) is 3.08. The minimum Gasteiger partial charge on any atom is -0.475 e. The van der Waals surface area contributed by atoms with Crippen molar-refractivity contribution in [2.45, 2.75) is 5.09 Å². The van der Waals surface area contributed by atoms with Gasteiger partial charge < -0.3 is 9.52 Å². The number of nitrogens with one attached hydrogen (secondary N) is 1. The Morgan fingerprint density at radius 1 is 1.56 bits per heavy atom. The molecular formula is C10H11NO5S2. The maximum Gasteiger partial charge on any atom is 0.371 e. The number of hydrogen-bond acceptors (Lipinski definition) is 5. The van der Waals surface area contributed by atoms with E-state index < -0.39 is 26.8 Å². The average molecular weight is 289 g/mol. The van der Waals surface area contributed by atoms with Crippen LogP contribution in [0.4, 0.5) is 0 Å². The van der Waals surface area contributed by atoms with Crippen molar-refractivity contribution in [2.24, 2.45) is 0 Å². The monoisotopic (exact) mass is 289 g/mol. The Kier molecular flexibility index (Phi) is 5.27. The Balaban J connectivity index is 2.58. The molecule has 0 bridgehead atoms. The van der Waals surface area contributed by atoms with Gasteiger partial charge in [-0.2, -0.15) is 0 Å². The fraction of sp³-hybridized carbons (Fsp3) is 0.300. The number of aromatic carboxylic acids is 1. The van der Waals surface area contributed by atoms with Gasteiger partial charge in [-0.15, -0.1) is 18.2 Å². The molecule has 0 fully saturated rings. The molecule has 18 heavy (non-hydrogen) atoms. The molecule has 1 aromatic heterocycles. The standard InChI is InChI=1S/C10H11NO5S2/c1-2-6-17-7-5-11-18(14,15)9-4-3-8(16-9)10(12)13/h1,3-4,11H,5-7H2,(H,12,13). The summed E-state index contributed by atoms with van der Waals surface area (Å²) in [4.78, 5) is 10.5. The van der Waals surface area contributed by atoms with Gasteiger partial charge in [0.05, 0.1) is 5.75 Å². The van der Waals surface area contributed by atoms with Gasteiger partial charge in [-0.3, -0.25) is 0 Å². The summed E-state index contributed by atoms with van der Waals surface area (Å²) in [5.41, 5.74) is 0. The highest BCUT2D eigenvalue weighted by atomic mass is 32.2. The molecule has 0 saturated carbocycles. The lowest BCUT2D eigenvalue weighted by Crippen LogP contribution is -2.25. The number of thioether (sulfide) groups is 1. The smallest absolute Gasteiger partial charge is 0.371 e. The zero-order valence-electron chi connectivity index (χ0n) is 9.25. The van der Waals surface area contributed by atoms with Crippen molar-refractivity contribution >= 4 is 27.8 Å². The SMILES string of the molecule is C#CCSCCNS(=O)(=O)c1ccc(C(=O)O)o1. The second kappa shape index (κ2) is 6.49. The van der Waals surface area contributed by atoms with E-state index in [1.165, 1.54) is 11.8 Å². The van der Waals surface area contributed by atoms with Crippen LogP contribution in [0, 0.1) is 12.3 Å². The Hall–Kier alpha value is -1.43. The summed E-state index contributed by atoms with van der Waals surface area (Å²) >= 11 is 1.41. The molecule has 0 saturated heterocycles. The second-order valence-corrected chi connectivity index (χ2v) is 5.88. The van der Waals surface area contributed by atoms with Crippen molar-refractivity contribution in [3.63, 3.8) is 0 Å². The van der Waals surface area contributed by atoms with E-state index in [1.807, 2.05) is 0 Å². The molecular weight excluding hydrogens is 278 g/mol. The minimum atomic E-state index is -3.81. The van der Waals surface area contributed by atoms with Crippen LogP contribution in [0.2, 0.25) is 0 Å². The van der Waals surface area contributed by atoms with E-state index in [0.29, 0.717) is 11.5 Å². The van der Waals surface area contributed by atoms with Crippen molar-refractivity contribution in [3.05, 3.63) is 17.9 Å². The van der Waals surface area contributed by atoms with Crippen LogP contribution in [-0.2, 0) is 10.0 Å². The summed E-state index contributed by atoms with van der Waals surface area (Å²) in [6.07, 6.45) is 5.04. The summed E-state index contributed by atoms with van der Waals surface area (Å²) in [7, 11) is -3.81. The molecule has 0 amide bonds. The number of carboxylic acid groups (broad SMARTS) is 1. The Morgan fingerprint density at radius 2 is 2.28 bits per heavy atom. The van der Waals surface area contributed by atoms with E-state index in [1.54, 1.807) is 0 Å². The predicted molar refractivity (Wildman–Crippen MR) is 67.0 cm³/mol. The molecule has 2 N–H and O–H groups in total. The molecule has 1 rings (SSSR count). The molecule has 0 aliphatic rings. The predicted octanol–water partition coefficient (Wildman–Crippen LogP) is 0.623. The lowest BCUT2D eigenvalue weighted by molar-refractivity contribution is 0.0656. The average Bonchev–Trinajstić information content (AvgIpc) is 2.78. The van der Waals surface area contributed by atoms with Gasteiger partial charge >= 0.3 is 5.97 Å². The van der Waals surface area contributed by atoms with Gasteiger partial charge in [0.1, 0.15) is 0 Å². The number of terminal acetylenes is 1. The van der Waals surface area contributed by atoms with Crippen LogP contribution in [0.3, 0.4) is 0 Å². The summed E-state index contributed by atoms with van der Waals surface area (Å²) in [6, 6.07) is 2.18. The molecule has 8 heteroatoms. The number of hydrogen-bond donors (Lipinski definition) is 2. The summed E-state index contributed by atoms with van der Waals surface area (Å²) in [6.45, 7) is 0.192. The highest BCUT2D eigenvalue weighted by molar-refractivity contribution is 7.99. The number of carboxylic acids is 1. The topological polar surface area (TPSA) is 96.6 Å². The first-order valence-electron chi connectivity index (χ1n) is 4.81. The number of rotatable bonds is 7. The fourth-order valence-electron chi connectivity index (χ4n) is 1.03. The zero-order chi connectivity index (χ0) is 13.6.